The fourth-order valence-electron chi connectivity index (χ4n) is 3.06. The first-order valence-corrected chi connectivity index (χ1v) is 12.2. The molecule has 0 fully saturated rings. The zero-order valence-electron chi connectivity index (χ0n) is 18.8. The standard InChI is InChI=1S/C20H10F2O5.2C2H6S2.2As/c21-13-5-11-17(7-15(13)23)27-18-8-16(24)14(22)6-12(18)19(11)9-3-1-2-4-10(9)20(25)26;2*3-1-2-4;;/h1-8,23H,(H,25,26);2*3-4H,1-2H2;;/q;;;2*+3/p-6. The Hall–Kier alpha value is -1.22. The van der Waals surface area contributed by atoms with Crippen LogP contribution in [0, 0.1) is 11.6 Å². The molecule has 1 aliphatic carbocycles. The van der Waals surface area contributed by atoms with Crippen LogP contribution in [-0.4, -0.2) is 64.9 Å². The summed E-state index contributed by atoms with van der Waals surface area (Å²) in [7, 11) is 0. The SMILES string of the molecule is O=C([O-])c1ccccc1-c1c2cc(F)c(=O)cc-2oc2cc([O-])c(F)cc12.[As+3].[As+3].[S-]CC[S-].[S-]CC[S-]. The van der Waals surface area contributed by atoms with Gasteiger partial charge in [-0.2, -0.15) is 23.0 Å². The van der Waals surface area contributed by atoms with Gasteiger partial charge in [-0.05, 0) is 23.8 Å². The molecule has 0 amide bonds. The molecule has 1 aliphatic heterocycles. The van der Waals surface area contributed by atoms with E-state index in [0.29, 0.717) is 0 Å². The number of rotatable bonds is 4. The van der Waals surface area contributed by atoms with Crippen LogP contribution in [0.15, 0.2) is 57.7 Å². The van der Waals surface area contributed by atoms with Crippen LogP contribution < -0.4 is 15.6 Å². The Labute approximate surface area is 257 Å². The minimum Gasteiger partial charge on any atom is -0.870 e. The second kappa shape index (κ2) is 17.4. The molecule has 0 spiro atoms. The Bertz CT molecular complexity index is 1350. The van der Waals surface area contributed by atoms with Crippen LogP contribution in [0.5, 0.6) is 5.75 Å². The van der Waals surface area contributed by atoms with Gasteiger partial charge in [0.15, 0.2) is 5.82 Å². The largest absolute Gasteiger partial charge is 3.00 e. The molecule has 0 N–H and O–H groups in total. The summed E-state index contributed by atoms with van der Waals surface area (Å²) in [6.45, 7) is 0. The monoisotopic (exact) mass is 700 g/mol. The van der Waals surface area contributed by atoms with E-state index in [1.54, 1.807) is 6.07 Å². The molecular formula is C24H16As2F2O5S4. The molecule has 190 valence electrons. The number of aromatic carboxylic acids is 1. The van der Waals surface area contributed by atoms with Gasteiger partial charge in [0, 0.05) is 28.1 Å². The molecule has 5 nitrogen and oxygen atoms in total. The number of carboxylic acids is 1. The van der Waals surface area contributed by atoms with Gasteiger partial charge < -0.3 is 69.9 Å². The van der Waals surface area contributed by atoms with E-state index in [2.05, 4.69) is 50.5 Å². The van der Waals surface area contributed by atoms with Crippen molar-refractivity contribution in [3.8, 4) is 28.2 Å². The Morgan fingerprint density at radius 1 is 0.838 bits per heavy atom. The van der Waals surface area contributed by atoms with Crippen LogP contribution in [-0.2, 0) is 50.5 Å². The van der Waals surface area contributed by atoms with Crippen LogP contribution in [0.2, 0.25) is 0 Å². The predicted octanol–water partition coefficient (Wildman–Crippen LogP) is 1.68. The average Bonchev–Trinajstić information content (AvgIpc) is 2.85. The van der Waals surface area contributed by atoms with Gasteiger partial charge in [-0.1, -0.05) is 30.0 Å². The summed E-state index contributed by atoms with van der Waals surface area (Å²) < 4.78 is 33.4. The van der Waals surface area contributed by atoms with Gasteiger partial charge in [-0.3, -0.25) is 4.79 Å². The van der Waals surface area contributed by atoms with Crippen molar-refractivity contribution in [1.82, 2.24) is 0 Å². The molecule has 37 heavy (non-hydrogen) atoms. The van der Waals surface area contributed by atoms with E-state index >= 15 is 0 Å². The van der Waals surface area contributed by atoms with Crippen LogP contribution >= 0.6 is 0 Å². The van der Waals surface area contributed by atoms with Crippen molar-refractivity contribution in [1.29, 1.82) is 0 Å². The van der Waals surface area contributed by atoms with Crippen LogP contribution in [0.1, 0.15) is 10.4 Å². The summed E-state index contributed by atoms with van der Waals surface area (Å²) in [5.41, 5.74) is -0.934. The third kappa shape index (κ3) is 9.19. The molecule has 0 saturated heterocycles. The predicted molar refractivity (Wildman–Crippen MR) is 149 cm³/mol. The third-order valence-corrected chi connectivity index (χ3v) is 5.74. The number of carboxylic acid groups (broad SMARTS) is 1. The molecule has 2 aromatic rings. The number of hydrogen-bond acceptors (Lipinski definition) is 9. The second-order valence-electron chi connectivity index (χ2n) is 6.68. The maximum atomic E-state index is 13.9. The molecule has 0 bridgehead atoms. The fourth-order valence-corrected chi connectivity index (χ4v) is 3.06. The van der Waals surface area contributed by atoms with Gasteiger partial charge in [-0.15, -0.1) is 0 Å². The van der Waals surface area contributed by atoms with Crippen LogP contribution in [0.25, 0.3) is 33.4 Å². The van der Waals surface area contributed by atoms with Gasteiger partial charge >= 0.3 is 35.9 Å². The average molecular weight is 700 g/mol. The van der Waals surface area contributed by atoms with E-state index in [9.17, 15) is 28.6 Å². The van der Waals surface area contributed by atoms with Crippen molar-refractivity contribution >= 4 is 103 Å². The smallest absolute Gasteiger partial charge is 0.870 e. The number of halogens is 2. The summed E-state index contributed by atoms with van der Waals surface area (Å²) in [5.74, 6) is -1.78. The van der Waals surface area contributed by atoms with E-state index in [0.717, 1.165) is 47.3 Å². The Kier molecular flexibility index (Phi) is 16.8. The van der Waals surface area contributed by atoms with Crippen LogP contribution in [0.3, 0.4) is 0 Å². The van der Waals surface area contributed by atoms with Gasteiger partial charge in [-0.25, -0.2) is 8.78 Å². The third-order valence-electron chi connectivity index (χ3n) is 4.41. The number of benzene rings is 3. The molecule has 0 aromatic heterocycles. The van der Waals surface area contributed by atoms with E-state index in [1.807, 2.05) is 0 Å². The normalized spacial score (nSPS) is 9.78. The molecule has 0 atom stereocenters. The number of carbonyl (C=O) groups is 1. The summed E-state index contributed by atoms with van der Waals surface area (Å²) in [5, 5.41) is 23.2. The maximum Gasteiger partial charge on any atom is 3.00 e. The fraction of sp³-hybridized carbons (Fsp3) is 0.167. The number of fused-ring (bicyclic) bond motifs is 2. The molecular weight excluding hydrogens is 684 g/mol. The quantitative estimate of drug-likeness (QED) is 0.179. The first-order valence-electron chi connectivity index (χ1n) is 9.89. The zero-order valence-corrected chi connectivity index (χ0v) is 25.8. The summed E-state index contributed by atoms with van der Waals surface area (Å²) in [4.78, 5) is 23.2. The summed E-state index contributed by atoms with van der Waals surface area (Å²) in [6.07, 6.45) is 0. The van der Waals surface area contributed by atoms with E-state index in [-0.39, 0.29) is 74.9 Å². The molecule has 13 heteroatoms. The zero-order chi connectivity index (χ0) is 26.1. The topological polar surface area (TPSA) is 93.4 Å². The minimum atomic E-state index is -1.49. The van der Waals surface area contributed by atoms with Crippen LogP contribution in [0.4, 0.5) is 8.78 Å². The van der Waals surface area contributed by atoms with Gasteiger partial charge in [0.25, 0.3) is 0 Å². The summed E-state index contributed by atoms with van der Waals surface area (Å²) >= 11 is 17.8. The van der Waals surface area contributed by atoms with Crippen molar-refractivity contribution in [2.24, 2.45) is 0 Å². The van der Waals surface area contributed by atoms with E-state index in [1.165, 1.54) is 18.2 Å². The molecule has 0 saturated carbocycles. The van der Waals surface area contributed by atoms with E-state index in [4.69, 9.17) is 4.42 Å². The Balaban J connectivity index is 0.00000115. The minimum absolute atomic E-state index is 0. The van der Waals surface area contributed by atoms with Crippen molar-refractivity contribution in [2.75, 3.05) is 23.0 Å². The van der Waals surface area contributed by atoms with Crippen molar-refractivity contribution in [2.45, 2.75) is 0 Å². The number of carbonyl (C=O) groups excluding carboxylic acids is 1. The summed E-state index contributed by atoms with van der Waals surface area (Å²) in [6, 6.07) is 9.30. The second-order valence-corrected chi connectivity index (χ2v) is 8.32. The van der Waals surface area contributed by atoms with Crippen molar-refractivity contribution < 1.29 is 28.2 Å². The molecule has 1 heterocycles. The molecule has 4 radical (unpaired) electrons. The maximum absolute atomic E-state index is 13.9. The first kappa shape index (κ1) is 35.8. The number of hydrogen-bond donors (Lipinski definition) is 0. The molecule has 4 rings (SSSR count). The van der Waals surface area contributed by atoms with Gasteiger partial charge in [0.2, 0.25) is 5.43 Å². The van der Waals surface area contributed by atoms with Gasteiger partial charge in [0.1, 0.15) is 17.2 Å². The molecule has 2 aromatic carbocycles. The Morgan fingerprint density at radius 3 is 1.95 bits per heavy atom. The van der Waals surface area contributed by atoms with E-state index < -0.39 is 28.8 Å². The Morgan fingerprint density at radius 2 is 1.41 bits per heavy atom. The molecule has 0 unspecified atom stereocenters. The molecule has 2 aliphatic rings. The van der Waals surface area contributed by atoms with Crippen molar-refractivity contribution in [3.63, 3.8) is 0 Å². The van der Waals surface area contributed by atoms with Crippen molar-refractivity contribution in [3.05, 3.63) is 76.0 Å². The van der Waals surface area contributed by atoms with Gasteiger partial charge in [0.05, 0.1) is 5.97 Å². The first-order chi connectivity index (χ1) is 16.7.